The van der Waals surface area contributed by atoms with Crippen molar-refractivity contribution in [2.45, 2.75) is 50.4 Å². The summed E-state index contributed by atoms with van der Waals surface area (Å²) in [6.07, 6.45) is 2.53. The molecule has 6 nitrogen and oxygen atoms in total. The Morgan fingerprint density at radius 2 is 2.05 bits per heavy atom. The number of nitrogens with one attached hydrogen (secondary N) is 1. The lowest BCUT2D eigenvalue weighted by Gasteiger charge is -2.39. The summed E-state index contributed by atoms with van der Waals surface area (Å²) in [5.41, 5.74) is 2.29. The molecule has 2 atom stereocenters. The molecule has 1 N–H and O–H groups in total. The zero-order valence-electron chi connectivity index (χ0n) is 20.6. The van der Waals surface area contributed by atoms with Crippen LogP contribution in [-0.4, -0.2) is 57.9 Å². The summed E-state index contributed by atoms with van der Waals surface area (Å²) >= 11 is 5.87. The third kappa shape index (κ3) is 5.30. The van der Waals surface area contributed by atoms with Gasteiger partial charge in [0.1, 0.15) is 11.8 Å². The van der Waals surface area contributed by atoms with Crippen LogP contribution in [0.4, 0.5) is 13.2 Å². The summed E-state index contributed by atoms with van der Waals surface area (Å²) in [5.74, 6) is 0. The summed E-state index contributed by atoms with van der Waals surface area (Å²) in [6.45, 7) is 4.80. The van der Waals surface area contributed by atoms with Gasteiger partial charge in [0.05, 0.1) is 22.7 Å². The zero-order valence-corrected chi connectivity index (χ0v) is 21.3. The molecule has 0 aliphatic carbocycles. The lowest BCUT2D eigenvalue weighted by atomic mass is 9.89. The Kier molecular flexibility index (Phi) is 7.13. The molecule has 1 saturated heterocycles. The van der Waals surface area contributed by atoms with Crippen molar-refractivity contribution < 1.29 is 18.0 Å². The number of nitrogens with zero attached hydrogens (tertiary/aromatic N) is 4. The van der Waals surface area contributed by atoms with Gasteiger partial charge >= 0.3 is 6.18 Å². The van der Waals surface area contributed by atoms with E-state index in [1.807, 2.05) is 18.2 Å². The van der Waals surface area contributed by atoms with Gasteiger partial charge in [-0.3, -0.25) is 4.90 Å². The molecule has 0 radical (unpaired) electrons. The van der Waals surface area contributed by atoms with E-state index in [4.69, 9.17) is 11.6 Å². The number of benzene rings is 2. The third-order valence-corrected chi connectivity index (χ3v) is 7.77. The summed E-state index contributed by atoms with van der Waals surface area (Å²) < 4.78 is 42.8. The van der Waals surface area contributed by atoms with E-state index in [2.05, 4.69) is 26.6 Å². The second kappa shape index (κ2) is 10.2. The van der Waals surface area contributed by atoms with Gasteiger partial charge in [-0.2, -0.15) is 13.2 Å². The number of hydrogen-bond acceptors (Lipinski definition) is 5. The Labute approximate surface area is 218 Å². The minimum absolute atomic E-state index is 0.0330. The van der Waals surface area contributed by atoms with E-state index in [0.717, 1.165) is 68.8 Å². The molecular weight excluding hydrogens is 503 g/mol. The van der Waals surface area contributed by atoms with Crippen molar-refractivity contribution in [1.82, 2.24) is 25.2 Å². The van der Waals surface area contributed by atoms with Crippen molar-refractivity contribution in [2.75, 3.05) is 26.2 Å². The molecule has 3 aromatic rings. The molecular formula is C27H29ClF3N5O. The molecule has 1 fully saturated rings. The number of carbonyl (C=O) groups is 1. The molecule has 2 aliphatic rings. The molecule has 3 heterocycles. The van der Waals surface area contributed by atoms with Crippen LogP contribution < -0.4 is 5.32 Å². The largest absolute Gasteiger partial charge is 0.416 e. The van der Waals surface area contributed by atoms with Gasteiger partial charge in [0.15, 0.2) is 0 Å². The number of rotatable bonds is 6. The van der Waals surface area contributed by atoms with Crippen LogP contribution in [0.1, 0.15) is 55.3 Å². The number of aromatic nitrogens is 3. The minimum atomic E-state index is -4.54. The van der Waals surface area contributed by atoms with Crippen molar-refractivity contribution in [3.63, 3.8) is 0 Å². The highest BCUT2D eigenvalue weighted by atomic mass is 35.5. The monoisotopic (exact) mass is 531 g/mol. The fourth-order valence-corrected chi connectivity index (χ4v) is 5.64. The Morgan fingerprint density at radius 3 is 2.73 bits per heavy atom. The Hall–Kier alpha value is -2.75. The third-order valence-electron chi connectivity index (χ3n) is 7.53. The first-order valence-corrected chi connectivity index (χ1v) is 12.9. The highest BCUT2D eigenvalue weighted by Crippen LogP contribution is 2.38. The number of carbonyl (C=O) groups excluding carboxylic acids is 1. The Bertz CT molecular complexity index is 1330. The predicted molar refractivity (Wildman–Crippen MR) is 137 cm³/mol. The molecule has 196 valence electrons. The van der Waals surface area contributed by atoms with E-state index in [1.54, 1.807) is 6.92 Å². The van der Waals surface area contributed by atoms with Crippen molar-refractivity contribution in [1.29, 1.82) is 0 Å². The second-order valence-corrected chi connectivity index (χ2v) is 10.5. The first kappa shape index (κ1) is 25.9. The normalized spacial score (nSPS) is 22.1. The second-order valence-electron chi connectivity index (χ2n) is 10.0. The van der Waals surface area contributed by atoms with Crippen molar-refractivity contribution in [3.8, 4) is 0 Å². The molecule has 37 heavy (non-hydrogen) atoms. The number of hydrogen-bond donors (Lipinski definition) is 1. The highest BCUT2D eigenvalue weighted by Gasteiger charge is 2.36. The lowest BCUT2D eigenvalue weighted by molar-refractivity contribution is -0.138. The Morgan fingerprint density at radius 1 is 1.22 bits per heavy atom. The van der Waals surface area contributed by atoms with Gasteiger partial charge in [-0.25, -0.2) is 4.68 Å². The van der Waals surface area contributed by atoms with Crippen LogP contribution in [0.3, 0.4) is 0 Å². The van der Waals surface area contributed by atoms with Crippen LogP contribution in [0.25, 0.3) is 16.6 Å². The van der Waals surface area contributed by atoms with E-state index >= 15 is 0 Å². The summed E-state index contributed by atoms with van der Waals surface area (Å²) in [5, 5.41) is 11.8. The fourth-order valence-electron chi connectivity index (χ4n) is 5.47. The maximum absolute atomic E-state index is 13.7. The predicted octanol–water partition coefficient (Wildman–Crippen LogP) is 5.51. The summed E-state index contributed by atoms with van der Waals surface area (Å²) in [7, 11) is 0. The van der Waals surface area contributed by atoms with Gasteiger partial charge in [-0.15, -0.1) is 5.10 Å². The van der Waals surface area contributed by atoms with E-state index in [1.165, 1.54) is 16.8 Å². The van der Waals surface area contributed by atoms with E-state index in [9.17, 15) is 18.0 Å². The van der Waals surface area contributed by atoms with Gasteiger partial charge in [-0.05, 0) is 80.1 Å². The molecule has 10 heteroatoms. The van der Waals surface area contributed by atoms with Crippen LogP contribution >= 0.6 is 11.6 Å². The molecule has 2 aliphatic heterocycles. The van der Waals surface area contributed by atoms with Crippen LogP contribution in [0.15, 0.2) is 42.5 Å². The lowest BCUT2D eigenvalue weighted by Crippen LogP contribution is -2.57. The zero-order chi connectivity index (χ0) is 26.2. The number of piperidine rings is 1. The van der Waals surface area contributed by atoms with E-state index < -0.39 is 23.3 Å². The van der Waals surface area contributed by atoms with E-state index in [0.29, 0.717) is 17.6 Å². The SMILES string of the molecule is CC(c1ccc(Cl)cc1C(F)(F)F)n1nnc2ccc(C3=CCN(CC4(C=O)CCCCN4)CC3)cc21. The quantitative estimate of drug-likeness (QED) is 0.425. The maximum Gasteiger partial charge on any atom is 0.416 e. The number of alkyl halides is 3. The van der Waals surface area contributed by atoms with Gasteiger partial charge < -0.3 is 10.1 Å². The number of aldehydes is 1. The molecule has 2 unspecified atom stereocenters. The molecule has 0 bridgehead atoms. The summed E-state index contributed by atoms with van der Waals surface area (Å²) in [4.78, 5) is 14.1. The fraction of sp³-hybridized carbons (Fsp3) is 0.444. The standard InChI is InChI=1S/C27H29ClF3N5O/c1-18(22-6-5-21(28)15-23(22)27(29,30)31)36-25-14-20(4-7-24(25)33-34-36)19-8-12-35(13-9-19)16-26(17-37)10-2-3-11-32-26/h4-8,14-15,17-18,32H,2-3,9-13,16H2,1H3. The highest BCUT2D eigenvalue weighted by molar-refractivity contribution is 6.30. The molecule has 0 saturated carbocycles. The van der Waals surface area contributed by atoms with Gasteiger partial charge in [-0.1, -0.05) is 35.0 Å². The van der Waals surface area contributed by atoms with Crippen molar-refractivity contribution in [3.05, 3.63) is 64.2 Å². The van der Waals surface area contributed by atoms with Crippen LogP contribution in [0.5, 0.6) is 0 Å². The molecule has 5 rings (SSSR count). The van der Waals surface area contributed by atoms with Crippen LogP contribution in [-0.2, 0) is 11.0 Å². The average molecular weight is 532 g/mol. The summed E-state index contributed by atoms with van der Waals surface area (Å²) in [6, 6.07) is 8.90. The smallest absolute Gasteiger partial charge is 0.304 e. The van der Waals surface area contributed by atoms with Gasteiger partial charge in [0.2, 0.25) is 0 Å². The molecule has 1 aromatic heterocycles. The molecule has 0 amide bonds. The van der Waals surface area contributed by atoms with Crippen LogP contribution in [0.2, 0.25) is 5.02 Å². The minimum Gasteiger partial charge on any atom is -0.304 e. The number of fused-ring (bicyclic) bond motifs is 1. The molecule has 0 spiro atoms. The average Bonchev–Trinajstić information content (AvgIpc) is 3.32. The van der Waals surface area contributed by atoms with Gasteiger partial charge in [0.25, 0.3) is 0 Å². The first-order chi connectivity index (χ1) is 17.7. The van der Waals surface area contributed by atoms with Crippen molar-refractivity contribution >= 4 is 34.5 Å². The number of halogens is 4. The van der Waals surface area contributed by atoms with Gasteiger partial charge in [0, 0.05) is 24.7 Å². The van der Waals surface area contributed by atoms with E-state index in [-0.39, 0.29) is 10.6 Å². The first-order valence-electron chi connectivity index (χ1n) is 12.5. The van der Waals surface area contributed by atoms with Crippen LogP contribution in [0, 0.1) is 0 Å². The van der Waals surface area contributed by atoms with Crippen molar-refractivity contribution in [2.24, 2.45) is 0 Å². The topological polar surface area (TPSA) is 63.1 Å². The molecule has 2 aromatic carbocycles. The maximum atomic E-state index is 13.7. The Balaban J connectivity index is 1.39.